The molecule has 0 bridgehead atoms. The van der Waals surface area contributed by atoms with Crippen LogP contribution >= 0.6 is 0 Å². The van der Waals surface area contributed by atoms with Crippen LogP contribution in [0.5, 0.6) is 0 Å². The van der Waals surface area contributed by atoms with Gasteiger partial charge < -0.3 is 0 Å². The van der Waals surface area contributed by atoms with Gasteiger partial charge in [-0.25, -0.2) is 4.39 Å². The highest BCUT2D eigenvalue weighted by atomic mass is 19.1. The van der Waals surface area contributed by atoms with E-state index in [0.717, 1.165) is 24.1 Å². The van der Waals surface area contributed by atoms with Gasteiger partial charge in [-0.2, -0.15) is 5.10 Å². The average Bonchev–Trinajstić information content (AvgIpc) is 2.70. The number of nitrogens with zero attached hydrogens (tertiary/aromatic N) is 1. The second-order valence-corrected chi connectivity index (χ2v) is 6.19. The van der Waals surface area contributed by atoms with Crippen LogP contribution < -0.4 is 0 Å². The molecule has 20 heavy (non-hydrogen) atoms. The number of aromatic nitrogens is 2. The molecule has 0 unspecified atom stereocenters. The van der Waals surface area contributed by atoms with E-state index in [1.807, 2.05) is 12.1 Å². The van der Waals surface area contributed by atoms with E-state index in [1.165, 1.54) is 36.6 Å². The lowest BCUT2D eigenvalue weighted by molar-refractivity contribution is 0.533. The van der Waals surface area contributed by atoms with Gasteiger partial charge in [-0.1, -0.05) is 24.6 Å². The van der Waals surface area contributed by atoms with Crippen molar-refractivity contribution in [2.75, 3.05) is 0 Å². The molecule has 0 spiro atoms. The minimum absolute atomic E-state index is 0.150. The molecule has 0 fully saturated rings. The van der Waals surface area contributed by atoms with E-state index in [-0.39, 0.29) is 5.82 Å². The van der Waals surface area contributed by atoms with Crippen LogP contribution in [0.3, 0.4) is 0 Å². The third-order valence-corrected chi connectivity index (χ3v) is 4.45. The lowest BCUT2D eigenvalue weighted by Crippen LogP contribution is -2.23. The maximum Gasteiger partial charge on any atom is 0.127 e. The first-order chi connectivity index (χ1) is 9.60. The minimum atomic E-state index is -0.403. The Bertz CT molecular complexity index is 613. The van der Waals surface area contributed by atoms with Crippen molar-refractivity contribution in [1.82, 2.24) is 10.2 Å². The van der Waals surface area contributed by atoms with Gasteiger partial charge in [0, 0.05) is 11.1 Å². The number of aromatic amines is 1. The number of halogens is 1. The summed E-state index contributed by atoms with van der Waals surface area (Å²) >= 11 is 0. The summed E-state index contributed by atoms with van der Waals surface area (Å²) in [5, 5.41) is 7.73. The summed E-state index contributed by atoms with van der Waals surface area (Å²) in [6.45, 7) is 4.12. The number of rotatable bonds is 2. The molecule has 0 saturated carbocycles. The smallest absolute Gasteiger partial charge is 0.127 e. The van der Waals surface area contributed by atoms with E-state index in [9.17, 15) is 4.39 Å². The molecule has 1 aliphatic carbocycles. The van der Waals surface area contributed by atoms with Crippen molar-refractivity contribution in [3.63, 3.8) is 0 Å². The molecule has 0 aliphatic heterocycles. The quantitative estimate of drug-likeness (QED) is 0.818. The average molecular weight is 272 g/mol. The van der Waals surface area contributed by atoms with Gasteiger partial charge >= 0.3 is 0 Å². The maximum absolute atomic E-state index is 14.2. The second kappa shape index (κ2) is 5.04. The van der Waals surface area contributed by atoms with Crippen LogP contribution in [-0.2, 0) is 18.3 Å². The van der Waals surface area contributed by atoms with Crippen LogP contribution in [0.25, 0.3) is 0 Å². The standard InChI is InChI=1S/C17H21FN2/c1-17(2,13-9-6-7-10-14(13)18)16-12-8-4-3-5-11-15(12)19-20-16/h6-7,9-10H,3-5,8,11H2,1-2H3,(H,19,20). The SMILES string of the molecule is CC(C)(c1ccccc1F)c1n[nH]c2c1CCCCC2. The molecule has 3 rings (SSSR count). The fraction of sp³-hybridized carbons (Fsp3) is 0.471. The zero-order valence-corrected chi connectivity index (χ0v) is 12.2. The first-order valence-corrected chi connectivity index (χ1v) is 7.42. The third kappa shape index (κ3) is 2.15. The summed E-state index contributed by atoms with van der Waals surface area (Å²) in [6.07, 6.45) is 5.80. The summed E-state index contributed by atoms with van der Waals surface area (Å²) in [5.41, 5.74) is 3.90. The van der Waals surface area contributed by atoms with Gasteiger partial charge in [-0.15, -0.1) is 0 Å². The van der Waals surface area contributed by atoms with E-state index >= 15 is 0 Å². The van der Waals surface area contributed by atoms with Crippen LogP contribution in [-0.4, -0.2) is 10.2 Å². The van der Waals surface area contributed by atoms with Gasteiger partial charge in [-0.05, 0) is 56.7 Å². The summed E-state index contributed by atoms with van der Waals surface area (Å²) in [6, 6.07) is 7.03. The predicted octanol–water partition coefficient (Wildman–Crippen LogP) is 4.14. The Labute approximate surface area is 119 Å². The molecule has 0 amide bonds. The lowest BCUT2D eigenvalue weighted by Gasteiger charge is -2.25. The van der Waals surface area contributed by atoms with E-state index in [4.69, 9.17) is 0 Å². The first-order valence-electron chi connectivity index (χ1n) is 7.42. The first kappa shape index (κ1) is 13.3. The number of hydrogen-bond acceptors (Lipinski definition) is 1. The van der Waals surface area contributed by atoms with Crippen LogP contribution in [0.4, 0.5) is 4.39 Å². The molecular formula is C17H21FN2. The van der Waals surface area contributed by atoms with Gasteiger partial charge in [0.25, 0.3) is 0 Å². The van der Waals surface area contributed by atoms with Crippen LogP contribution in [0.1, 0.15) is 55.6 Å². The Kier molecular flexibility index (Phi) is 3.36. The van der Waals surface area contributed by atoms with E-state index in [1.54, 1.807) is 6.07 Å². The predicted molar refractivity (Wildman–Crippen MR) is 78.4 cm³/mol. The Hall–Kier alpha value is -1.64. The molecule has 0 saturated heterocycles. The highest BCUT2D eigenvalue weighted by molar-refractivity contribution is 5.41. The third-order valence-electron chi connectivity index (χ3n) is 4.45. The number of fused-ring (bicyclic) bond motifs is 1. The maximum atomic E-state index is 14.2. The van der Waals surface area contributed by atoms with Crippen molar-refractivity contribution >= 4 is 0 Å². The van der Waals surface area contributed by atoms with E-state index < -0.39 is 5.41 Å². The summed E-state index contributed by atoms with van der Waals surface area (Å²) in [7, 11) is 0. The monoisotopic (exact) mass is 272 g/mol. The molecule has 0 atom stereocenters. The number of aryl methyl sites for hydroxylation is 1. The Morgan fingerprint density at radius 1 is 1.10 bits per heavy atom. The Balaban J connectivity index is 2.08. The molecule has 1 N–H and O–H groups in total. The van der Waals surface area contributed by atoms with E-state index in [2.05, 4.69) is 24.0 Å². The fourth-order valence-electron chi connectivity index (χ4n) is 3.27. The van der Waals surface area contributed by atoms with Crippen LogP contribution in [0.15, 0.2) is 24.3 Å². The molecule has 3 heteroatoms. The Morgan fingerprint density at radius 2 is 1.85 bits per heavy atom. The van der Waals surface area contributed by atoms with Crippen LogP contribution in [0, 0.1) is 5.82 Å². The molecule has 1 aromatic carbocycles. The second-order valence-electron chi connectivity index (χ2n) is 6.19. The lowest BCUT2D eigenvalue weighted by atomic mass is 9.78. The Morgan fingerprint density at radius 3 is 2.65 bits per heavy atom. The zero-order valence-electron chi connectivity index (χ0n) is 12.2. The van der Waals surface area contributed by atoms with Crippen molar-refractivity contribution in [3.8, 4) is 0 Å². The number of benzene rings is 1. The van der Waals surface area contributed by atoms with Crippen molar-refractivity contribution in [1.29, 1.82) is 0 Å². The highest BCUT2D eigenvalue weighted by Crippen LogP contribution is 2.36. The van der Waals surface area contributed by atoms with Gasteiger partial charge in [0.2, 0.25) is 0 Å². The number of hydrogen-bond donors (Lipinski definition) is 1. The molecule has 106 valence electrons. The molecule has 2 aromatic rings. The normalized spacial score (nSPS) is 15.8. The summed E-state index contributed by atoms with van der Waals surface area (Å²) in [5.74, 6) is -0.150. The minimum Gasteiger partial charge on any atom is -0.282 e. The highest BCUT2D eigenvalue weighted by Gasteiger charge is 2.32. The van der Waals surface area contributed by atoms with Crippen molar-refractivity contribution < 1.29 is 4.39 Å². The molecule has 0 radical (unpaired) electrons. The van der Waals surface area contributed by atoms with Crippen molar-refractivity contribution in [2.45, 2.75) is 51.4 Å². The van der Waals surface area contributed by atoms with Gasteiger partial charge in [0.15, 0.2) is 0 Å². The molecule has 1 heterocycles. The van der Waals surface area contributed by atoms with Gasteiger partial charge in [0.1, 0.15) is 5.82 Å². The van der Waals surface area contributed by atoms with Crippen molar-refractivity contribution in [3.05, 3.63) is 52.6 Å². The van der Waals surface area contributed by atoms with Crippen molar-refractivity contribution in [2.24, 2.45) is 0 Å². The largest absolute Gasteiger partial charge is 0.282 e. The molecule has 1 aliphatic rings. The number of H-pyrrole nitrogens is 1. The van der Waals surface area contributed by atoms with E-state index in [0.29, 0.717) is 0 Å². The van der Waals surface area contributed by atoms with Gasteiger partial charge in [-0.3, -0.25) is 5.10 Å². The molecular weight excluding hydrogens is 251 g/mol. The summed E-state index contributed by atoms with van der Waals surface area (Å²) < 4.78 is 14.2. The fourth-order valence-corrected chi connectivity index (χ4v) is 3.27. The topological polar surface area (TPSA) is 28.7 Å². The molecule has 2 nitrogen and oxygen atoms in total. The van der Waals surface area contributed by atoms with Crippen LogP contribution in [0.2, 0.25) is 0 Å². The van der Waals surface area contributed by atoms with Gasteiger partial charge in [0.05, 0.1) is 5.69 Å². The summed E-state index contributed by atoms with van der Waals surface area (Å²) in [4.78, 5) is 0. The number of nitrogens with one attached hydrogen (secondary N) is 1. The zero-order chi connectivity index (χ0) is 14.2. The molecule has 1 aromatic heterocycles.